The van der Waals surface area contributed by atoms with Crippen LogP contribution in [-0.4, -0.2) is 25.3 Å². The van der Waals surface area contributed by atoms with Gasteiger partial charge in [0, 0.05) is 11.1 Å². The van der Waals surface area contributed by atoms with Crippen molar-refractivity contribution in [3.05, 3.63) is 30.4 Å². The van der Waals surface area contributed by atoms with Crippen LogP contribution in [0.15, 0.2) is 34.7 Å². The third-order valence-electron chi connectivity index (χ3n) is 1.79. The maximum Gasteiger partial charge on any atom is 0.188 e. The monoisotopic (exact) mass is 222 g/mol. The van der Waals surface area contributed by atoms with Crippen LogP contribution < -0.4 is 0 Å². The molecule has 2 rings (SSSR count). The Bertz CT molecular complexity index is 412. The highest BCUT2D eigenvalue weighted by Crippen LogP contribution is 2.23. The Morgan fingerprint density at radius 1 is 1.40 bits per heavy atom. The molecule has 0 saturated carbocycles. The van der Waals surface area contributed by atoms with Crippen molar-refractivity contribution >= 4 is 11.8 Å². The van der Waals surface area contributed by atoms with E-state index in [9.17, 15) is 5.11 Å². The smallest absolute Gasteiger partial charge is 0.188 e. The Hall–Kier alpha value is -1.40. The molecule has 0 saturated heterocycles. The quantitative estimate of drug-likeness (QED) is 0.821. The molecule has 2 heterocycles. The Morgan fingerprint density at radius 3 is 2.80 bits per heavy atom. The van der Waals surface area contributed by atoms with Crippen molar-refractivity contribution in [2.45, 2.75) is 23.1 Å². The highest BCUT2D eigenvalue weighted by molar-refractivity contribution is 7.99. The van der Waals surface area contributed by atoms with Crippen molar-refractivity contribution in [3.63, 3.8) is 0 Å². The van der Waals surface area contributed by atoms with Crippen LogP contribution in [0, 0.1) is 0 Å². The number of pyridine rings is 1. The van der Waals surface area contributed by atoms with Crippen molar-refractivity contribution in [2.24, 2.45) is 0 Å². The molecule has 0 bridgehead atoms. The average Bonchev–Trinajstić information content (AvgIpc) is 2.71. The van der Waals surface area contributed by atoms with E-state index < -0.39 is 6.10 Å². The lowest BCUT2D eigenvalue weighted by Gasteiger charge is -2.03. The van der Waals surface area contributed by atoms with E-state index in [1.165, 1.54) is 18.1 Å². The van der Waals surface area contributed by atoms with E-state index in [4.69, 9.17) is 0 Å². The molecular formula is C9H10N4OS. The Kier molecular flexibility index (Phi) is 2.98. The minimum atomic E-state index is -0.533. The average molecular weight is 222 g/mol. The van der Waals surface area contributed by atoms with Gasteiger partial charge in [0.1, 0.15) is 6.33 Å². The van der Waals surface area contributed by atoms with Gasteiger partial charge in [0.15, 0.2) is 5.16 Å². The van der Waals surface area contributed by atoms with Gasteiger partial charge in [-0.1, -0.05) is 0 Å². The Morgan fingerprint density at radius 2 is 2.27 bits per heavy atom. The number of aliphatic hydroxyl groups excluding tert-OH is 1. The van der Waals surface area contributed by atoms with Gasteiger partial charge in [-0.2, -0.15) is 5.10 Å². The Labute approximate surface area is 91.0 Å². The fourth-order valence-corrected chi connectivity index (χ4v) is 1.72. The summed E-state index contributed by atoms with van der Waals surface area (Å²) in [5.74, 6) is 0. The molecule has 78 valence electrons. The molecule has 1 atom stereocenters. The molecule has 0 aliphatic rings. The van der Waals surface area contributed by atoms with Crippen LogP contribution in [0.4, 0.5) is 0 Å². The summed E-state index contributed by atoms with van der Waals surface area (Å²) in [5.41, 5.74) is 0.664. The van der Waals surface area contributed by atoms with Crippen molar-refractivity contribution in [1.29, 1.82) is 0 Å². The molecule has 0 amide bonds. The summed E-state index contributed by atoms with van der Waals surface area (Å²) >= 11 is 1.44. The third-order valence-corrected chi connectivity index (χ3v) is 2.66. The van der Waals surface area contributed by atoms with Gasteiger partial charge in [0.2, 0.25) is 0 Å². The number of hydrogen-bond acceptors (Lipinski definition) is 5. The molecule has 0 radical (unpaired) electrons. The lowest BCUT2D eigenvalue weighted by atomic mass is 10.2. The summed E-state index contributed by atoms with van der Waals surface area (Å²) < 4.78 is 0. The van der Waals surface area contributed by atoms with Crippen LogP contribution in [0.3, 0.4) is 0 Å². The topological polar surface area (TPSA) is 74.7 Å². The van der Waals surface area contributed by atoms with E-state index in [1.54, 1.807) is 19.2 Å². The van der Waals surface area contributed by atoms with Crippen LogP contribution in [0.2, 0.25) is 0 Å². The van der Waals surface area contributed by atoms with Gasteiger partial charge in [0.05, 0.1) is 11.8 Å². The predicted octanol–water partition coefficient (Wildman–Crippen LogP) is 1.40. The van der Waals surface area contributed by atoms with E-state index in [-0.39, 0.29) is 0 Å². The number of aromatic nitrogens is 4. The molecule has 5 nitrogen and oxygen atoms in total. The molecule has 0 unspecified atom stereocenters. The summed E-state index contributed by atoms with van der Waals surface area (Å²) in [4.78, 5) is 9.07. The lowest BCUT2D eigenvalue weighted by molar-refractivity contribution is 0.194. The molecule has 0 aliphatic carbocycles. The van der Waals surface area contributed by atoms with E-state index in [0.29, 0.717) is 5.69 Å². The molecule has 2 N–H and O–H groups in total. The zero-order chi connectivity index (χ0) is 10.7. The van der Waals surface area contributed by atoms with Crippen LogP contribution in [0.5, 0.6) is 0 Å². The second-order valence-electron chi connectivity index (χ2n) is 2.99. The summed E-state index contributed by atoms with van der Waals surface area (Å²) in [5, 5.41) is 16.5. The van der Waals surface area contributed by atoms with Gasteiger partial charge in [-0.05, 0) is 30.8 Å². The molecule has 0 aromatic carbocycles. The molecule has 6 heteroatoms. The van der Waals surface area contributed by atoms with Gasteiger partial charge < -0.3 is 5.11 Å². The van der Waals surface area contributed by atoms with Crippen molar-refractivity contribution in [3.8, 4) is 0 Å². The number of nitrogens with one attached hydrogen (secondary N) is 1. The molecule has 0 spiro atoms. The fraction of sp³-hybridized carbons (Fsp3) is 0.222. The van der Waals surface area contributed by atoms with E-state index >= 15 is 0 Å². The fourth-order valence-electron chi connectivity index (χ4n) is 1.05. The van der Waals surface area contributed by atoms with E-state index in [0.717, 1.165) is 10.1 Å². The van der Waals surface area contributed by atoms with Gasteiger partial charge in [-0.3, -0.25) is 10.1 Å². The number of hydrogen-bond donors (Lipinski definition) is 2. The van der Waals surface area contributed by atoms with Crippen molar-refractivity contribution < 1.29 is 5.11 Å². The molecule has 0 aliphatic heterocycles. The number of aliphatic hydroxyl groups is 1. The first-order valence-corrected chi connectivity index (χ1v) is 5.24. The lowest BCUT2D eigenvalue weighted by Crippen LogP contribution is -1.94. The summed E-state index contributed by atoms with van der Waals surface area (Å²) in [6.07, 6.45) is 2.63. The zero-order valence-corrected chi connectivity index (χ0v) is 8.90. The van der Waals surface area contributed by atoms with Gasteiger partial charge in [-0.25, -0.2) is 4.98 Å². The SMILES string of the molecule is C[C@H](O)c1ccc(Sc2ncn[nH]2)cn1. The number of H-pyrrole nitrogens is 1. The van der Waals surface area contributed by atoms with Crippen LogP contribution in [0.25, 0.3) is 0 Å². The normalized spacial score (nSPS) is 12.7. The van der Waals surface area contributed by atoms with Gasteiger partial charge >= 0.3 is 0 Å². The first-order chi connectivity index (χ1) is 7.25. The second-order valence-corrected chi connectivity index (χ2v) is 4.05. The van der Waals surface area contributed by atoms with Crippen molar-refractivity contribution in [2.75, 3.05) is 0 Å². The predicted molar refractivity (Wildman–Crippen MR) is 55.4 cm³/mol. The van der Waals surface area contributed by atoms with E-state index in [1.807, 2.05) is 6.07 Å². The number of rotatable bonds is 3. The van der Waals surface area contributed by atoms with Gasteiger partial charge in [-0.15, -0.1) is 0 Å². The summed E-state index contributed by atoms with van der Waals surface area (Å²) in [6.45, 7) is 1.69. The van der Waals surface area contributed by atoms with Crippen molar-refractivity contribution in [1.82, 2.24) is 20.2 Å². The van der Waals surface area contributed by atoms with Gasteiger partial charge in [0.25, 0.3) is 0 Å². The first-order valence-electron chi connectivity index (χ1n) is 4.43. The minimum absolute atomic E-state index is 0.533. The minimum Gasteiger partial charge on any atom is -0.387 e. The summed E-state index contributed by atoms with van der Waals surface area (Å²) in [6, 6.07) is 3.69. The highest BCUT2D eigenvalue weighted by atomic mass is 32.2. The van der Waals surface area contributed by atoms with Crippen LogP contribution in [0.1, 0.15) is 18.7 Å². The Balaban J connectivity index is 2.11. The molecular weight excluding hydrogens is 212 g/mol. The molecule has 2 aromatic heterocycles. The van der Waals surface area contributed by atoms with E-state index in [2.05, 4.69) is 20.2 Å². The number of nitrogens with zero attached hydrogens (tertiary/aromatic N) is 3. The van der Waals surface area contributed by atoms with Crippen LogP contribution >= 0.6 is 11.8 Å². The molecule has 2 aromatic rings. The second kappa shape index (κ2) is 4.41. The molecule has 0 fully saturated rings. The third kappa shape index (κ3) is 2.54. The number of aromatic amines is 1. The first kappa shape index (κ1) is 10.1. The maximum absolute atomic E-state index is 9.27. The maximum atomic E-state index is 9.27. The molecule has 15 heavy (non-hydrogen) atoms. The van der Waals surface area contributed by atoms with Crippen LogP contribution in [-0.2, 0) is 0 Å². The summed E-state index contributed by atoms with van der Waals surface area (Å²) in [7, 11) is 0. The highest BCUT2D eigenvalue weighted by Gasteiger charge is 2.03. The zero-order valence-electron chi connectivity index (χ0n) is 8.08. The standard InChI is InChI=1S/C9H10N4OS/c1-6(14)8-3-2-7(4-10-8)15-9-11-5-12-13-9/h2-6,14H,1H3,(H,11,12,13)/t6-/m0/s1. The largest absolute Gasteiger partial charge is 0.387 e.